The quantitative estimate of drug-likeness (QED) is 0.810. The van der Waals surface area contributed by atoms with Gasteiger partial charge in [-0.3, -0.25) is 9.59 Å². The van der Waals surface area contributed by atoms with E-state index in [1.54, 1.807) is 0 Å². The third-order valence-corrected chi connectivity index (χ3v) is 4.58. The van der Waals surface area contributed by atoms with Gasteiger partial charge in [-0.2, -0.15) is 0 Å². The normalized spacial score (nSPS) is 33.2. The molecule has 0 aromatic heterocycles. The van der Waals surface area contributed by atoms with Crippen LogP contribution in [0, 0.1) is 11.8 Å². The topological polar surface area (TPSA) is 52.7 Å². The van der Waals surface area contributed by atoms with E-state index >= 15 is 0 Å². The molecule has 3 unspecified atom stereocenters. The van der Waals surface area contributed by atoms with E-state index in [0.717, 1.165) is 19.5 Å². The van der Waals surface area contributed by atoms with Crippen LogP contribution in [-0.2, 0) is 9.59 Å². The molecule has 0 aliphatic carbocycles. The SMILES string of the molecule is CC(C)C1NC(=O)CCN(C2CCN(C)CC2C)C1=O. The van der Waals surface area contributed by atoms with Crippen molar-refractivity contribution < 1.29 is 9.59 Å². The van der Waals surface area contributed by atoms with Crippen molar-refractivity contribution in [2.75, 3.05) is 26.7 Å². The van der Waals surface area contributed by atoms with Gasteiger partial charge in [-0.05, 0) is 31.8 Å². The van der Waals surface area contributed by atoms with Crippen LogP contribution in [0.4, 0.5) is 0 Å². The predicted molar refractivity (Wildman–Crippen MR) is 78.2 cm³/mol. The monoisotopic (exact) mass is 281 g/mol. The number of amides is 2. The first-order valence-corrected chi connectivity index (χ1v) is 7.68. The van der Waals surface area contributed by atoms with Crippen molar-refractivity contribution in [2.45, 2.75) is 45.7 Å². The number of carbonyl (C=O) groups excluding carboxylic acids is 2. The number of nitrogens with zero attached hydrogens (tertiary/aromatic N) is 2. The molecular formula is C15H27N3O2. The molecule has 0 radical (unpaired) electrons. The molecule has 2 rings (SSSR count). The summed E-state index contributed by atoms with van der Waals surface area (Å²) in [6.45, 7) is 8.79. The van der Waals surface area contributed by atoms with Crippen molar-refractivity contribution in [2.24, 2.45) is 11.8 Å². The Kier molecular flexibility index (Phi) is 4.68. The molecule has 2 aliphatic rings. The van der Waals surface area contributed by atoms with Crippen molar-refractivity contribution >= 4 is 11.8 Å². The third kappa shape index (κ3) is 3.14. The number of nitrogens with one attached hydrogen (secondary N) is 1. The highest BCUT2D eigenvalue weighted by molar-refractivity contribution is 5.90. The van der Waals surface area contributed by atoms with E-state index in [2.05, 4.69) is 24.2 Å². The van der Waals surface area contributed by atoms with Gasteiger partial charge in [-0.25, -0.2) is 0 Å². The van der Waals surface area contributed by atoms with Crippen LogP contribution >= 0.6 is 0 Å². The molecule has 5 nitrogen and oxygen atoms in total. The fraction of sp³-hybridized carbons (Fsp3) is 0.867. The molecule has 2 amide bonds. The van der Waals surface area contributed by atoms with Crippen LogP contribution in [0.15, 0.2) is 0 Å². The van der Waals surface area contributed by atoms with Crippen LogP contribution < -0.4 is 5.32 Å². The molecule has 3 atom stereocenters. The third-order valence-electron chi connectivity index (χ3n) is 4.58. The molecule has 2 aliphatic heterocycles. The zero-order chi connectivity index (χ0) is 14.9. The van der Waals surface area contributed by atoms with Gasteiger partial charge in [0.25, 0.3) is 0 Å². The summed E-state index contributed by atoms with van der Waals surface area (Å²) >= 11 is 0. The Labute approximate surface area is 121 Å². The second-order valence-corrected chi connectivity index (χ2v) is 6.67. The number of hydrogen-bond donors (Lipinski definition) is 1. The first-order chi connectivity index (χ1) is 9.40. The van der Waals surface area contributed by atoms with Crippen LogP contribution in [0.2, 0.25) is 0 Å². The van der Waals surface area contributed by atoms with E-state index in [4.69, 9.17) is 0 Å². The Hall–Kier alpha value is -1.10. The first-order valence-electron chi connectivity index (χ1n) is 7.68. The molecule has 0 bridgehead atoms. The molecule has 0 spiro atoms. The van der Waals surface area contributed by atoms with Crippen LogP contribution in [0.3, 0.4) is 0 Å². The van der Waals surface area contributed by atoms with E-state index in [-0.39, 0.29) is 29.8 Å². The van der Waals surface area contributed by atoms with Gasteiger partial charge in [-0.15, -0.1) is 0 Å². The lowest BCUT2D eigenvalue weighted by atomic mass is 9.91. The van der Waals surface area contributed by atoms with Gasteiger partial charge in [0.15, 0.2) is 0 Å². The van der Waals surface area contributed by atoms with Gasteiger partial charge in [0.05, 0.1) is 0 Å². The number of likely N-dealkylation sites (tertiary alicyclic amines) is 1. The van der Waals surface area contributed by atoms with Gasteiger partial charge in [0.1, 0.15) is 6.04 Å². The summed E-state index contributed by atoms with van der Waals surface area (Å²) in [7, 11) is 2.12. The van der Waals surface area contributed by atoms with E-state index < -0.39 is 0 Å². The van der Waals surface area contributed by atoms with Gasteiger partial charge in [-0.1, -0.05) is 20.8 Å². The lowest BCUT2D eigenvalue weighted by molar-refractivity contribution is -0.138. The maximum Gasteiger partial charge on any atom is 0.245 e. The highest BCUT2D eigenvalue weighted by Crippen LogP contribution is 2.24. The summed E-state index contributed by atoms with van der Waals surface area (Å²) in [4.78, 5) is 28.8. The summed E-state index contributed by atoms with van der Waals surface area (Å²) in [5.41, 5.74) is 0. The Bertz CT molecular complexity index is 383. The van der Waals surface area contributed by atoms with Crippen LogP contribution in [-0.4, -0.2) is 60.4 Å². The number of piperidine rings is 1. The molecule has 2 heterocycles. The van der Waals surface area contributed by atoms with Crippen molar-refractivity contribution in [1.29, 1.82) is 0 Å². The Morgan fingerprint density at radius 2 is 1.95 bits per heavy atom. The van der Waals surface area contributed by atoms with Crippen molar-refractivity contribution in [3.8, 4) is 0 Å². The standard InChI is InChI=1S/C15H27N3O2/c1-10(2)14-15(20)18(8-6-13(19)16-14)12-5-7-17(4)9-11(12)3/h10-12,14H,5-9H2,1-4H3,(H,16,19). The average molecular weight is 281 g/mol. The molecule has 20 heavy (non-hydrogen) atoms. The van der Waals surface area contributed by atoms with Gasteiger partial charge >= 0.3 is 0 Å². The maximum absolute atomic E-state index is 12.8. The molecule has 114 valence electrons. The van der Waals surface area contributed by atoms with E-state index in [1.165, 1.54) is 0 Å². The van der Waals surface area contributed by atoms with E-state index in [0.29, 0.717) is 18.9 Å². The molecule has 0 saturated carbocycles. The lowest BCUT2D eigenvalue weighted by Gasteiger charge is -2.42. The highest BCUT2D eigenvalue weighted by atomic mass is 16.2. The van der Waals surface area contributed by atoms with E-state index in [1.807, 2.05) is 18.7 Å². The predicted octanol–water partition coefficient (Wildman–Crippen LogP) is 0.700. The van der Waals surface area contributed by atoms with Crippen LogP contribution in [0.25, 0.3) is 0 Å². The Morgan fingerprint density at radius 3 is 2.55 bits per heavy atom. The van der Waals surface area contributed by atoms with Gasteiger partial charge in [0.2, 0.25) is 11.8 Å². The summed E-state index contributed by atoms with van der Waals surface area (Å²) in [5.74, 6) is 0.694. The van der Waals surface area contributed by atoms with Crippen molar-refractivity contribution in [3.05, 3.63) is 0 Å². The van der Waals surface area contributed by atoms with Crippen molar-refractivity contribution in [3.63, 3.8) is 0 Å². The van der Waals surface area contributed by atoms with Crippen molar-refractivity contribution in [1.82, 2.24) is 15.1 Å². The smallest absolute Gasteiger partial charge is 0.245 e. The van der Waals surface area contributed by atoms with E-state index in [9.17, 15) is 9.59 Å². The van der Waals surface area contributed by atoms with Gasteiger partial charge < -0.3 is 15.1 Å². The Morgan fingerprint density at radius 1 is 1.25 bits per heavy atom. The second-order valence-electron chi connectivity index (χ2n) is 6.67. The van der Waals surface area contributed by atoms with Crippen LogP contribution in [0.1, 0.15) is 33.6 Å². The fourth-order valence-electron chi connectivity index (χ4n) is 3.40. The number of carbonyl (C=O) groups is 2. The summed E-state index contributed by atoms with van der Waals surface area (Å²) < 4.78 is 0. The summed E-state index contributed by atoms with van der Waals surface area (Å²) in [5, 5.41) is 2.88. The minimum Gasteiger partial charge on any atom is -0.344 e. The minimum absolute atomic E-state index is 0.000121. The molecule has 5 heteroatoms. The number of hydrogen-bond acceptors (Lipinski definition) is 3. The molecule has 1 N–H and O–H groups in total. The minimum atomic E-state index is -0.364. The lowest BCUT2D eigenvalue weighted by Crippen LogP contribution is -2.55. The zero-order valence-corrected chi connectivity index (χ0v) is 13.1. The largest absolute Gasteiger partial charge is 0.344 e. The van der Waals surface area contributed by atoms with Crippen LogP contribution in [0.5, 0.6) is 0 Å². The highest BCUT2D eigenvalue weighted by Gasteiger charge is 2.38. The Balaban J connectivity index is 2.16. The molecule has 2 saturated heterocycles. The summed E-state index contributed by atoms with van der Waals surface area (Å²) in [6.07, 6.45) is 1.43. The average Bonchev–Trinajstić information content (AvgIpc) is 2.50. The summed E-state index contributed by atoms with van der Waals surface area (Å²) in [6, 6.07) is -0.0930. The molecule has 0 aromatic carbocycles. The molecule has 0 aromatic rings. The second kappa shape index (κ2) is 6.12. The molecule has 2 fully saturated rings. The zero-order valence-electron chi connectivity index (χ0n) is 13.1. The first kappa shape index (κ1) is 15.3. The molecular weight excluding hydrogens is 254 g/mol. The van der Waals surface area contributed by atoms with Gasteiger partial charge in [0, 0.05) is 25.6 Å². The fourth-order valence-corrected chi connectivity index (χ4v) is 3.40. The maximum atomic E-state index is 12.8. The number of rotatable bonds is 2.